The lowest BCUT2D eigenvalue weighted by Gasteiger charge is -2.37. The molecule has 0 bridgehead atoms. The Bertz CT molecular complexity index is 385. The van der Waals surface area contributed by atoms with E-state index in [0.29, 0.717) is 25.1 Å². The van der Waals surface area contributed by atoms with E-state index in [1.165, 1.54) is 6.26 Å². The van der Waals surface area contributed by atoms with E-state index >= 15 is 0 Å². The number of morpholine rings is 1. The van der Waals surface area contributed by atoms with E-state index in [2.05, 4.69) is 11.8 Å². The first-order valence-corrected chi connectivity index (χ1v) is 9.13. The molecule has 0 spiro atoms. The lowest BCUT2D eigenvalue weighted by Crippen LogP contribution is -2.48. The normalized spacial score (nSPS) is 31.5. The molecular weight excluding hydrogens is 264 g/mol. The molecule has 0 N–H and O–H groups in total. The largest absolute Gasteiger partial charge is 0.376 e. The monoisotopic (exact) mass is 290 g/mol. The Morgan fingerprint density at radius 1 is 1.26 bits per heavy atom. The number of ether oxygens (including phenoxy) is 1. The lowest BCUT2D eigenvalue weighted by atomic mass is 9.98. The van der Waals surface area contributed by atoms with Crippen LogP contribution in [0.1, 0.15) is 26.2 Å². The molecule has 112 valence electrons. The Hall–Kier alpha value is -0.170. The fraction of sp³-hybridized carbons (Fsp3) is 1.00. The molecule has 0 saturated carbocycles. The van der Waals surface area contributed by atoms with Gasteiger partial charge in [-0.3, -0.25) is 4.90 Å². The maximum atomic E-state index is 11.6. The van der Waals surface area contributed by atoms with Gasteiger partial charge in [0.25, 0.3) is 0 Å². The second-order valence-corrected chi connectivity index (χ2v) is 7.77. The first kappa shape index (κ1) is 15.2. The maximum Gasteiger partial charge on any atom is 0.211 e. The quantitative estimate of drug-likeness (QED) is 0.767. The van der Waals surface area contributed by atoms with E-state index in [4.69, 9.17) is 4.74 Å². The van der Waals surface area contributed by atoms with Gasteiger partial charge in [0.2, 0.25) is 10.0 Å². The second kappa shape index (κ2) is 6.52. The Kier molecular flexibility index (Phi) is 5.22. The number of rotatable bonds is 4. The molecule has 0 aromatic rings. The zero-order valence-corrected chi connectivity index (χ0v) is 12.9. The van der Waals surface area contributed by atoms with Crippen molar-refractivity contribution in [3.8, 4) is 0 Å². The van der Waals surface area contributed by atoms with E-state index in [0.717, 1.165) is 45.5 Å². The van der Waals surface area contributed by atoms with Crippen LogP contribution in [0.4, 0.5) is 0 Å². The summed E-state index contributed by atoms with van der Waals surface area (Å²) in [6.07, 6.45) is 4.84. The summed E-state index contributed by atoms with van der Waals surface area (Å²) in [4.78, 5) is 2.44. The highest BCUT2D eigenvalue weighted by Gasteiger charge is 2.28. The summed E-state index contributed by atoms with van der Waals surface area (Å²) in [6.45, 7) is 7.31. The van der Waals surface area contributed by atoms with Crippen molar-refractivity contribution >= 4 is 10.0 Å². The van der Waals surface area contributed by atoms with Crippen molar-refractivity contribution < 1.29 is 13.2 Å². The van der Waals surface area contributed by atoms with Gasteiger partial charge in [0, 0.05) is 32.7 Å². The van der Waals surface area contributed by atoms with Crippen LogP contribution in [0.2, 0.25) is 0 Å². The fourth-order valence-electron chi connectivity index (χ4n) is 3.04. The number of nitrogens with zero attached hydrogens (tertiary/aromatic N) is 2. The highest BCUT2D eigenvalue weighted by Crippen LogP contribution is 2.21. The van der Waals surface area contributed by atoms with Crippen LogP contribution < -0.4 is 0 Å². The molecule has 0 amide bonds. The Morgan fingerprint density at radius 3 is 2.74 bits per heavy atom. The molecular formula is C13H26N2O3S. The molecule has 2 heterocycles. The third-order valence-corrected chi connectivity index (χ3v) is 5.42. The van der Waals surface area contributed by atoms with Gasteiger partial charge in [-0.2, -0.15) is 0 Å². The van der Waals surface area contributed by atoms with Gasteiger partial charge in [0.1, 0.15) is 0 Å². The second-order valence-electron chi connectivity index (χ2n) is 5.79. The van der Waals surface area contributed by atoms with Crippen LogP contribution in [0, 0.1) is 5.92 Å². The fourth-order valence-corrected chi connectivity index (χ4v) is 3.98. The van der Waals surface area contributed by atoms with Crippen molar-refractivity contribution in [2.24, 2.45) is 5.92 Å². The molecule has 2 aliphatic rings. The molecule has 19 heavy (non-hydrogen) atoms. The topological polar surface area (TPSA) is 49.9 Å². The van der Waals surface area contributed by atoms with Gasteiger partial charge in [-0.15, -0.1) is 0 Å². The molecule has 0 aromatic carbocycles. The third-order valence-electron chi connectivity index (χ3n) is 4.15. The third kappa shape index (κ3) is 4.41. The van der Waals surface area contributed by atoms with Gasteiger partial charge in [0.05, 0.1) is 19.0 Å². The molecule has 2 saturated heterocycles. The zero-order valence-electron chi connectivity index (χ0n) is 12.0. The number of piperidine rings is 1. The Morgan fingerprint density at radius 2 is 2.05 bits per heavy atom. The van der Waals surface area contributed by atoms with E-state index in [-0.39, 0.29) is 0 Å². The van der Waals surface area contributed by atoms with Gasteiger partial charge < -0.3 is 4.74 Å². The molecule has 0 aromatic heterocycles. The van der Waals surface area contributed by atoms with Gasteiger partial charge in [0.15, 0.2) is 0 Å². The lowest BCUT2D eigenvalue weighted by molar-refractivity contribution is -0.0359. The van der Waals surface area contributed by atoms with E-state index in [1.54, 1.807) is 4.31 Å². The van der Waals surface area contributed by atoms with E-state index in [9.17, 15) is 8.42 Å². The summed E-state index contributed by atoms with van der Waals surface area (Å²) in [5.74, 6) is 0.471. The molecule has 0 aliphatic carbocycles. The van der Waals surface area contributed by atoms with Crippen LogP contribution in [-0.2, 0) is 14.8 Å². The first-order valence-electron chi connectivity index (χ1n) is 7.28. The summed E-state index contributed by atoms with van der Waals surface area (Å²) >= 11 is 0. The molecule has 2 rings (SSSR count). The summed E-state index contributed by atoms with van der Waals surface area (Å²) in [6, 6.07) is 0. The predicted octanol–water partition coefficient (Wildman–Crippen LogP) is 0.769. The van der Waals surface area contributed by atoms with Gasteiger partial charge >= 0.3 is 0 Å². The SMILES string of the molecule is CC[C@@H]1CN(C[C@H]2CCCN(S(C)(=O)=O)C2)CCO1. The molecule has 0 unspecified atom stereocenters. The molecule has 0 radical (unpaired) electrons. The van der Waals surface area contributed by atoms with Crippen LogP contribution in [0.5, 0.6) is 0 Å². The van der Waals surface area contributed by atoms with Gasteiger partial charge in [-0.05, 0) is 25.2 Å². The number of sulfonamides is 1. The van der Waals surface area contributed by atoms with Gasteiger partial charge in [-0.1, -0.05) is 6.92 Å². The van der Waals surface area contributed by atoms with Crippen molar-refractivity contribution in [3.05, 3.63) is 0 Å². The summed E-state index contributed by atoms with van der Waals surface area (Å²) < 4.78 is 30.5. The Labute approximate surface area is 117 Å². The predicted molar refractivity (Wildman–Crippen MR) is 75.6 cm³/mol. The summed E-state index contributed by atoms with van der Waals surface area (Å²) in [5.41, 5.74) is 0. The van der Waals surface area contributed by atoms with Crippen LogP contribution in [0.15, 0.2) is 0 Å². The molecule has 2 aliphatic heterocycles. The van der Waals surface area contributed by atoms with E-state index < -0.39 is 10.0 Å². The van der Waals surface area contributed by atoms with Crippen LogP contribution in [-0.4, -0.2) is 69.3 Å². The zero-order chi connectivity index (χ0) is 13.9. The molecule has 2 atom stereocenters. The van der Waals surface area contributed by atoms with Crippen LogP contribution in [0.25, 0.3) is 0 Å². The van der Waals surface area contributed by atoms with Crippen LogP contribution >= 0.6 is 0 Å². The summed E-state index contributed by atoms with van der Waals surface area (Å²) in [7, 11) is -3.02. The minimum absolute atomic E-state index is 0.350. The smallest absolute Gasteiger partial charge is 0.211 e. The molecule has 5 nitrogen and oxygen atoms in total. The van der Waals surface area contributed by atoms with Crippen LogP contribution in [0.3, 0.4) is 0 Å². The number of hydrogen-bond donors (Lipinski definition) is 0. The Balaban J connectivity index is 1.85. The minimum atomic E-state index is -3.02. The van der Waals surface area contributed by atoms with Crippen molar-refractivity contribution in [3.63, 3.8) is 0 Å². The van der Waals surface area contributed by atoms with Crippen molar-refractivity contribution in [2.45, 2.75) is 32.3 Å². The average Bonchev–Trinajstić information content (AvgIpc) is 2.38. The van der Waals surface area contributed by atoms with Crippen molar-refractivity contribution in [1.29, 1.82) is 0 Å². The first-order chi connectivity index (χ1) is 8.99. The van der Waals surface area contributed by atoms with Crippen molar-refractivity contribution in [2.75, 3.05) is 45.6 Å². The van der Waals surface area contributed by atoms with E-state index in [1.807, 2.05) is 0 Å². The number of hydrogen-bond acceptors (Lipinski definition) is 4. The van der Waals surface area contributed by atoms with Crippen molar-refractivity contribution in [1.82, 2.24) is 9.21 Å². The highest BCUT2D eigenvalue weighted by molar-refractivity contribution is 7.88. The molecule has 2 fully saturated rings. The van der Waals surface area contributed by atoms with Gasteiger partial charge in [-0.25, -0.2) is 12.7 Å². The average molecular weight is 290 g/mol. The summed E-state index contributed by atoms with van der Waals surface area (Å²) in [5, 5.41) is 0. The maximum absolute atomic E-state index is 11.6. The standard InChI is InChI=1S/C13H26N2O3S/c1-3-13-11-14(7-8-18-13)9-12-5-4-6-15(10-12)19(2,16)17/h12-13H,3-11H2,1-2H3/t12-,13-/m1/s1. The minimum Gasteiger partial charge on any atom is -0.376 e. The molecule has 6 heteroatoms. The highest BCUT2D eigenvalue weighted by atomic mass is 32.2.